The molecule has 4 nitrogen and oxygen atoms in total. The summed E-state index contributed by atoms with van der Waals surface area (Å²) in [5, 5.41) is 12.6. The fraction of sp³-hybridized carbons (Fsp3) is 0.125. The molecule has 0 bridgehead atoms. The van der Waals surface area contributed by atoms with Gasteiger partial charge in [-0.2, -0.15) is 5.26 Å². The molecule has 0 aliphatic heterocycles. The lowest BCUT2D eigenvalue weighted by Crippen LogP contribution is -2.03. The van der Waals surface area contributed by atoms with Gasteiger partial charge in [0, 0.05) is 12.2 Å². The number of hydrogen-bond donors (Lipinski definition) is 1. The number of nitrogens with zero attached hydrogens (tertiary/aromatic N) is 1. The predicted molar refractivity (Wildman–Crippen MR) is 81.3 cm³/mol. The lowest BCUT2D eigenvalue weighted by molar-refractivity contribution is 0.0600. The van der Waals surface area contributed by atoms with E-state index >= 15 is 0 Å². The summed E-state index contributed by atoms with van der Waals surface area (Å²) in [5.41, 5.74) is 2.77. The van der Waals surface area contributed by atoms with Crippen molar-refractivity contribution >= 4 is 23.3 Å². The molecule has 2 rings (SSSR count). The minimum Gasteiger partial charge on any atom is -0.465 e. The molecule has 0 saturated heterocycles. The van der Waals surface area contributed by atoms with Gasteiger partial charge in [0.1, 0.15) is 6.07 Å². The third-order valence-electron chi connectivity index (χ3n) is 2.96. The second kappa shape index (κ2) is 6.78. The molecule has 0 atom stereocenters. The third-order valence-corrected chi connectivity index (χ3v) is 3.29. The van der Waals surface area contributed by atoms with Crippen molar-refractivity contribution < 1.29 is 9.53 Å². The van der Waals surface area contributed by atoms with E-state index in [4.69, 9.17) is 16.9 Å². The van der Waals surface area contributed by atoms with Crippen LogP contribution in [-0.4, -0.2) is 13.1 Å². The number of nitriles is 1. The van der Waals surface area contributed by atoms with Gasteiger partial charge in [-0.05, 0) is 35.9 Å². The standard InChI is InChI=1S/C16H13ClN2O2/c1-21-16(20)12-4-2-11(3-5-12)10-19-14-6-7-15(17)13(8-14)9-18/h2-8,19H,10H2,1H3. The highest BCUT2D eigenvalue weighted by atomic mass is 35.5. The average Bonchev–Trinajstić information content (AvgIpc) is 2.53. The number of anilines is 1. The maximum atomic E-state index is 11.3. The Labute approximate surface area is 127 Å². The molecular weight excluding hydrogens is 288 g/mol. The molecule has 106 valence electrons. The van der Waals surface area contributed by atoms with Crippen LogP contribution in [0.25, 0.3) is 0 Å². The van der Waals surface area contributed by atoms with Gasteiger partial charge >= 0.3 is 5.97 Å². The van der Waals surface area contributed by atoms with Gasteiger partial charge in [0.05, 0.1) is 23.3 Å². The number of rotatable bonds is 4. The number of carbonyl (C=O) groups excluding carboxylic acids is 1. The smallest absolute Gasteiger partial charge is 0.337 e. The van der Waals surface area contributed by atoms with E-state index in [1.54, 1.807) is 24.3 Å². The summed E-state index contributed by atoms with van der Waals surface area (Å²) in [6.07, 6.45) is 0. The molecule has 0 aliphatic rings. The number of hydrogen-bond acceptors (Lipinski definition) is 4. The first-order valence-corrected chi connectivity index (χ1v) is 6.62. The fourth-order valence-corrected chi connectivity index (χ4v) is 1.96. The first kappa shape index (κ1) is 14.9. The molecule has 2 aromatic rings. The first-order chi connectivity index (χ1) is 10.1. The monoisotopic (exact) mass is 300 g/mol. The molecule has 0 aromatic heterocycles. The maximum Gasteiger partial charge on any atom is 0.337 e. The van der Waals surface area contributed by atoms with Crippen LogP contribution in [0.4, 0.5) is 5.69 Å². The Morgan fingerprint density at radius 2 is 2.00 bits per heavy atom. The molecule has 0 spiro atoms. The first-order valence-electron chi connectivity index (χ1n) is 6.25. The summed E-state index contributed by atoms with van der Waals surface area (Å²) in [5.74, 6) is -0.356. The summed E-state index contributed by atoms with van der Waals surface area (Å²) in [6, 6.07) is 14.4. The van der Waals surface area contributed by atoms with Gasteiger partial charge in [0.25, 0.3) is 0 Å². The molecule has 2 aromatic carbocycles. The molecule has 0 aliphatic carbocycles. The number of methoxy groups -OCH3 is 1. The lowest BCUT2D eigenvalue weighted by Gasteiger charge is -2.08. The van der Waals surface area contributed by atoms with Gasteiger partial charge in [0.15, 0.2) is 0 Å². The zero-order valence-electron chi connectivity index (χ0n) is 11.4. The predicted octanol–water partition coefficient (Wildman–Crippen LogP) is 3.61. The number of halogens is 1. The van der Waals surface area contributed by atoms with Gasteiger partial charge in [-0.1, -0.05) is 23.7 Å². The Bertz CT molecular complexity index is 690. The van der Waals surface area contributed by atoms with Crippen molar-refractivity contribution in [3.63, 3.8) is 0 Å². The van der Waals surface area contributed by atoms with Gasteiger partial charge < -0.3 is 10.1 Å². The van der Waals surface area contributed by atoms with Crippen LogP contribution in [0.1, 0.15) is 21.5 Å². The minimum absolute atomic E-state index is 0.356. The number of esters is 1. The average molecular weight is 301 g/mol. The Balaban J connectivity index is 2.03. The SMILES string of the molecule is COC(=O)c1ccc(CNc2ccc(Cl)c(C#N)c2)cc1. The molecule has 0 unspecified atom stereocenters. The van der Waals surface area contributed by atoms with Crippen molar-refractivity contribution in [1.29, 1.82) is 5.26 Å². The summed E-state index contributed by atoms with van der Waals surface area (Å²) >= 11 is 5.88. The molecule has 0 saturated carbocycles. The van der Waals surface area contributed by atoms with E-state index in [9.17, 15) is 4.79 Å². The molecule has 0 amide bonds. The summed E-state index contributed by atoms with van der Waals surface area (Å²) in [6.45, 7) is 0.577. The molecule has 21 heavy (non-hydrogen) atoms. The van der Waals surface area contributed by atoms with Gasteiger partial charge in [0.2, 0.25) is 0 Å². The van der Waals surface area contributed by atoms with Crippen molar-refractivity contribution in [3.05, 3.63) is 64.2 Å². The molecular formula is C16H13ClN2O2. The molecule has 5 heteroatoms. The van der Waals surface area contributed by atoms with E-state index < -0.39 is 0 Å². The number of benzene rings is 2. The summed E-state index contributed by atoms with van der Waals surface area (Å²) in [4.78, 5) is 11.3. The Morgan fingerprint density at radius 3 is 2.62 bits per heavy atom. The van der Waals surface area contributed by atoms with Crippen molar-refractivity contribution in [1.82, 2.24) is 0 Å². The van der Waals surface area contributed by atoms with Crippen LogP contribution in [0.2, 0.25) is 5.02 Å². The van der Waals surface area contributed by atoms with E-state index in [1.165, 1.54) is 7.11 Å². The van der Waals surface area contributed by atoms with Crippen molar-refractivity contribution in [2.75, 3.05) is 12.4 Å². The van der Waals surface area contributed by atoms with E-state index in [0.717, 1.165) is 11.3 Å². The largest absolute Gasteiger partial charge is 0.465 e. The van der Waals surface area contributed by atoms with Gasteiger partial charge in [-0.25, -0.2) is 4.79 Å². The van der Waals surface area contributed by atoms with E-state index in [2.05, 4.69) is 10.1 Å². The van der Waals surface area contributed by atoms with E-state index in [0.29, 0.717) is 22.7 Å². The number of nitrogens with one attached hydrogen (secondary N) is 1. The second-order valence-electron chi connectivity index (χ2n) is 4.35. The van der Waals surface area contributed by atoms with Crippen molar-refractivity contribution in [2.24, 2.45) is 0 Å². The molecule has 0 radical (unpaired) electrons. The molecule has 0 fully saturated rings. The van der Waals surface area contributed by atoms with Gasteiger partial charge in [-0.15, -0.1) is 0 Å². The van der Waals surface area contributed by atoms with Crippen LogP contribution < -0.4 is 5.32 Å². The highest BCUT2D eigenvalue weighted by Gasteiger charge is 2.05. The maximum absolute atomic E-state index is 11.3. The Kier molecular flexibility index (Phi) is 4.81. The van der Waals surface area contributed by atoms with Crippen LogP contribution >= 0.6 is 11.6 Å². The summed E-state index contributed by atoms with van der Waals surface area (Å²) in [7, 11) is 1.35. The third kappa shape index (κ3) is 3.74. The highest BCUT2D eigenvalue weighted by Crippen LogP contribution is 2.20. The summed E-state index contributed by atoms with van der Waals surface area (Å²) < 4.78 is 4.64. The van der Waals surface area contributed by atoms with E-state index in [1.807, 2.05) is 24.3 Å². The fourth-order valence-electron chi connectivity index (χ4n) is 1.80. The van der Waals surface area contributed by atoms with Crippen LogP contribution in [0.15, 0.2) is 42.5 Å². The van der Waals surface area contributed by atoms with Crippen LogP contribution in [-0.2, 0) is 11.3 Å². The Hall–Kier alpha value is -2.51. The molecule has 1 N–H and O–H groups in total. The minimum atomic E-state index is -0.356. The Morgan fingerprint density at radius 1 is 1.29 bits per heavy atom. The quantitative estimate of drug-likeness (QED) is 0.876. The second-order valence-corrected chi connectivity index (χ2v) is 4.76. The van der Waals surface area contributed by atoms with Crippen molar-refractivity contribution in [2.45, 2.75) is 6.54 Å². The van der Waals surface area contributed by atoms with E-state index in [-0.39, 0.29) is 5.97 Å². The van der Waals surface area contributed by atoms with Crippen LogP contribution in [0.5, 0.6) is 0 Å². The highest BCUT2D eigenvalue weighted by molar-refractivity contribution is 6.31. The topological polar surface area (TPSA) is 62.1 Å². The van der Waals surface area contributed by atoms with Crippen LogP contribution in [0.3, 0.4) is 0 Å². The zero-order chi connectivity index (χ0) is 15.2. The van der Waals surface area contributed by atoms with Gasteiger partial charge in [-0.3, -0.25) is 0 Å². The van der Waals surface area contributed by atoms with Crippen molar-refractivity contribution in [3.8, 4) is 6.07 Å². The van der Waals surface area contributed by atoms with Crippen LogP contribution in [0, 0.1) is 11.3 Å². The lowest BCUT2D eigenvalue weighted by atomic mass is 10.1. The number of ether oxygens (including phenoxy) is 1. The normalized spacial score (nSPS) is 9.76. The zero-order valence-corrected chi connectivity index (χ0v) is 12.1. The number of carbonyl (C=O) groups is 1. The molecule has 0 heterocycles.